The van der Waals surface area contributed by atoms with E-state index in [4.69, 9.17) is 21.7 Å². The molecule has 1 aliphatic heterocycles. The predicted octanol–water partition coefficient (Wildman–Crippen LogP) is 2.00. The first-order chi connectivity index (χ1) is 9.13. The molecule has 19 heavy (non-hydrogen) atoms. The molecule has 104 valence electrons. The molecule has 4 nitrogen and oxygen atoms in total. The zero-order valence-electron chi connectivity index (χ0n) is 11.6. The van der Waals surface area contributed by atoms with Gasteiger partial charge < -0.3 is 20.1 Å². The number of benzene rings is 1. The first kappa shape index (κ1) is 13.9. The van der Waals surface area contributed by atoms with Crippen molar-refractivity contribution in [3.8, 4) is 11.5 Å². The number of hydrogen-bond acceptors (Lipinski definition) is 3. The van der Waals surface area contributed by atoms with Gasteiger partial charge in [-0.2, -0.15) is 0 Å². The fourth-order valence-corrected chi connectivity index (χ4v) is 2.25. The summed E-state index contributed by atoms with van der Waals surface area (Å²) in [6.07, 6.45) is 1.18. The first-order valence-corrected chi connectivity index (χ1v) is 6.95. The number of nitrogens with one attached hydrogen (secondary N) is 2. The van der Waals surface area contributed by atoms with E-state index in [9.17, 15) is 0 Å². The van der Waals surface area contributed by atoms with Crippen LogP contribution in [0.15, 0.2) is 12.1 Å². The molecular weight excluding hydrogens is 260 g/mol. The van der Waals surface area contributed by atoms with Crippen LogP contribution in [-0.4, -0.2) is 24.9 Å². The lowest BCUT2D eigenvalue weighted by atomic mass is 10.1. The van der Waals surface area contributed by atoms with E-state index in [0.717, 1.165) is 23.5 Å². The Morgan fingerprint density at radius 1 is 1.53 bits per heavy atom. The van der Waals surface area contributed by atoms with Crippen molar-refractivity contribution in [3.63, 3.8) is 0 Å². The summed E-state index contributed by atoms with van der Waals surface area (Å²) in [6, 6.07) is 4.14. The third-order valence-electron chi connectivity index (χ3n) is 3.05. The third-order valence-corrected chi connectivity index (χ3v) is 3.39. The highest BCUT2D eigenvalue weighted by Crippen LogP contribution is 2.35. The van der Waals surface area contributed by atoms with E-state index in [-0.39, 0.29) is 6.10 Å². The van der Waals surface area contributed by atoms with E-state index in [1.165, 1.54) is 5.56 Å². The topological polar surface area (TPSA) is 42.5 Å². The van der Waals surface area contributed by atoms with Gasteiger partial charge in [0.2, 0.25) is 0 Å². The molecule has 1 aromatic rings. The fraction of sp³-hybridized carbons (Fsp3) is 0.500. The average Bonchev–Trinajstić information content (AvgIpc) is 2.75. The standard InChI is InChI=1S/C14H20N2O2S/c1-4-17-12-6-10-5-9(2)18-13(10)7-11(12)8-16-14(19)15-3/h6-7,9H,4-5,8H2,1-3H3,(H2,15,16,19)/t9-/m0/s1. The van der Waals surface area contributed by atoms with Gasteiger partial charge in [0, 0.05) is 31.1 Å². The van der Waals surface area contributed by atoms with Crippen LogP contribution < -0.4 is 20.1 Å². The summed E-state index contributed by atoms with van der Waals surface area (Å²) in [5.41, 5.74) is 2.28. The summed E-state index contributed by atoms with van der Waals surface area (Å²) >= 11 is 5.09. The molecule has 0 bridgehead atoms. The maximum Gasteiger partial charge on any atom is 0.166 e. The van der Waals surface area contributed by atoms with Crippen molar-refractivity contribution in [2.24, 2.45) is 0 Å². The van der Waals surface area contributed by atoms with Crippen LogP contribution >= 0.6 is 12.2 Å². The molecule has 0 saturated carbocycles. The smallest absolute Gasteiger partial charge is 0.166 e. The fourth-order valence-electron chi connectivity index (χ4n) is 2.17. The molecule has 0 aromatic heterocycles. The van der Waals surface area contributed by atoms with Gasteiger partial charge in [-0.3, -0.25) is 0 Å². The molecule has 0 radical (unpaired) electrons. The second kappa shape index (κ2) is 6.10. The summed E-state index contributed by atoms with van der Waals surface area (Å²) in [5.74, 6) is 1.87. The van der Waals surface area contributed by atoms with Gasteiger partial charge in [-0.05, 0) is 38.2 Å². The van der Waals surface area contributed by atoms with Crippen molar-refractivity contribution < 1.29 is 9.47 Å². The number of hydrogen-bond donors (Lipinski definition) is 2. The normalized spacial score (nSPS) is 16.5. The minimum atomic E-state index is 0.242. The second-order valence-corrected chi connectivity index (χ2v) is 4.97. The summed E-state index contributed by atoms with van der Waals surface area (Å²) in [7, 11) is 1.80. The monoisotopic (exact) mass is 280 g/mol. The van der Waals surface area contributed by atoms with Crippen LogP contribution in [-0.2, 0) is 13.0 Å². The van der Waals surface area contributed by atoms with E-state index >= 15 is 0 Å². The van der Waals surface area contributed by atoms with Crippen molar-refractivity contribution in [1.29, 1.82) is 0 Å². The average molecular weight is 280 g/mol. The molecular formula is C14H20N2O2S. The Morgan fingerprint density at radius 3 is 3.00 bits per heavy atom. The largest absolute Gasteiger partial charge is 0.494 e. The Hall–Kier alpha value is -1.49. The molecule has 1 heterocycles. The second-order valence-electron chi connectivity index (χ2n) is 4.57. The maximum atomic E-state index is 5.78. The summed E-state index contributed by atoms with van der Waals surface area (Å²) < 4.78 is 11.5. The van der Waals surface area contributed by atoms with Gasteiger partial charge in [0.25, 0.3) is 0 Å². The molecule has 0 saturated heterocycles. The van der Waals surface area contributed by atoms with Crippen LogP contribution in [0.4, 0.5) is 0 Å². The van der Waals surface area contributed by atoms with Gasteiger partial charge >= 0.3 is 0 Å². The van der Waals surface area contributed by atoms with E-state index in [1.807, 2.05) is 6.92 Å². The lowest BCUT2D eigenvalue weighted by Gasteiger charge is -2.14. The van der Waals surface area contributed by atoms with Gasteiger partial charge in [0.1, 0.15) is 17.6 Å². The van der Waals surface area contributed by atoms with E-state index in [2.05, 4.69) is 29.7 Å². The van der Waals surface area contributed by atoms with Crippen molar-refractivity contribution in [2.45, 2.75) is 32.9 Å². The van der Waals surface area contributed by atoms with Crippen molar-refractivity contribution in [2.75, 3.05) is 13.7 Å². The number of ether oxygens (including phenoxy) is 2. The number of fused-ring (bicyclic) bond motifs is 1. The molecule has 0 amide bonds. The Kier molecular flexibility index (Phi) is 4.47. The molecule has 0 aliphatic carbocycles. The van der Waals surface area contributed by atoms with Gasteiger partial charge in [0.05, 0.1) is 6.61 Å². The molecule has 2 rings (SSSR count). The van der Waals surface area contributed by atoms with E-state index in [0.29, 0.717) is 18.3 Å². The van der Waals surface area contributed by atoms with Gasteiger partial charge in [-0.1, -0.05) is 0 Å². The van der Waals surface area contributed by atoms with Crippen molar-refractivity contribution in [1.82, 2.24) is 10.6 Å². The van der Waals surface area contributed by atoms with Crippen LogP contribution in [0.3, 0.4) is 0 Å². The molecule has 1 aromatic carbocycles. The summed E-state index contributed by atoms with van der Waals surface area (Å²) in [5, 5.41) is 6.65. The Morgan fingerprint density at radius 2 is 2.32 bits per heavy atom. The van der Waals surface area contributed by atoms with Crippen molar-refractivity contribution in [3.05, 3.63) is 23.3 Å². The zero-order chi connectivity index (χ0) is 13.8. The Labute approximate surface area is 119 Å². The Balaban J connectivity index is 2.20. The van der Waals surface area contributed by atoms with Crippen LogP contribution in [0.25, 0.3) is 0 Å². The van der Waals surface area contributed by atoms with Crippen LogP contribution in [0.2, 0.25) is 0 Å². The van der Waals surface area contributed by atoms with Crippen LogP contribution in [0.5, 0.6) is 11.5 Å². The lowest BCUT2D eigenvalue weighted by molar-refractivity contribution is 0.254. The molecule has 1 aliphatic rings. The molecule has 2 N–H and O–H groups in total. The van der Waals surface area contributed by atoms with Gasteiger partial charge in [-0.15, -0.1) is 0 Å². The summed E-state index contributed by atoms with van der Waals surface area (Å²) in [4.78, 5) is 0. The molecule has 0 spiro atoms. The minimum Gasteiger partial charge on any atom is -0.494 e. The van der Waals surface area contributed by atoms with Crippen LogP contribution in [0, 0.1) is 0 Å². The van der Waals surface area contributed by atoms with E-state index in [1.54, 1.807) is 7.05 Å². The number of thiocarbonyl (C=S) groups is 1. The highest BCUT2D eigenvalue weighted by Gasteiger charge is 2.21. The quantitative estimate of drug-likeness (QED) is 0.826. The third kappa shape index (κ3) is 3.29. The SMILES string of the molecule is CCOc1cc2c(cc1CNC(=S)NC)O[C@@H](C)C2. The minimum absolute atomic E-state index is 0.242. The predicted molar refractivity (Wildman–Crippen MR) is 79.9 cm³/mol. The van der Waals surface area contributed by atoms with Crippen molar-refractivity contribution >= 4 is 17.3 Å². The summed E-state index contributed by atoms with van der Waals surface area (Å²) in [6.45, 7) is 5.34. The number of rotatable bonds is 4. The lowest BCUT2D eigenvalue weighted by Crippen LogP contribution is -2.31. The van der Waals surface area contributed by atoms with Gasteiger partial charge in [0.15, 0.2) is 5.11 Å². The molecule has 1 atom stereocenters. The molecule has 5 heteroatoms. The van der Waals surface area contributed by atoms with Crippen LogP contribution in [0.1, 0.15) is 25.0 Å². The van der Waals surface area contributed by atoms with E-state index < -0.39 is 0 Å². The maximum absolute atomic E-state index is 5.78. The molecule has 0 fully saturated rings. The first-order valence-electron chi connectivity index (χ1n) is 6.54. The molecule has 0 unspecified atom stereocenters. The highest BCUT2D eigenvalue weighted by molar-refractivity contribution is 7.80. The van der Waals surface area contributed by atoms with Gasteiger partial charge in [-0.25, -0.2) is 0 Å². The highest BCUT2D eigenvalue weighted by atomic mass is 32.1. The Bertz CT molecular complexity index is 477. The zero-order valence-corrected chi connectivity index (χ0v) is 12.4.